The van der Waals surface area contributed by atoms with E-state index in [1.54, 1.807) is 6.07 Å². The molecule has 2 aromatic rings. The van der Waals surface area contributed by atoms with Crippen LogP contribution in [0.3, 0.4) is 0 Å². The van der Waals surface area contributed by atoms with Crippen molar-refractivity contribution in [3.05, 3.63) is 71.3 Å². The number of ether oxygens (including phenoxy) is 1. The van der Waals surface area contributed by atoms with Crippen LogP contribution in [-0.4, -0.2) is 18.0 Å². The highest BCUT2D eigenvalue weighted by molar-refractivity contribution is 6.04. The van der Waals surface area contributed by atoms with Crippen LogP contribution in [-0.2, 0) is 4.74 Å². The average Bonchev–Trinajstić information content (AvgIpc) is 2.55. The molecule has 2 rings (SSSR count). The van der Waals surface area contributed by atoms with Crippen molar-refractivity contribution in [2.24, 2.45) is 4.99 Å². The van der Waals surface area contributed by atoms with Gasteiger partial charge in [-0.05, 0) is 45.4 Å². The van der Waals surface area contributed by atoms with E-state index in [2.05, 4.69) is 10.3 Å². The third kappa shape index (κ3) is 5.23. The van der Waals surface area contributed by atoms with Crippen LogP contribution < -0.4 is 5.32 Å². The van der Waals surface area contributed by atoms with Gasteiger partial charge in [0, 0.05) is 5.56 Å². The van der Waals surface area contributed by atoms with Crippen LogP contribution in [0.15, 0.2) is 59.6 Å². The Morgan fingerprint density at radius 2 is 1.75 bits per heavy atom. The molecule has 0 aromatic heterocycles. The number of hydrogen-bond acceptors (Lipinski definition) is 3. The molecule has 0 aliphatic carbocycles. The molecule has 126 valence electrons. The lowest BCUT2D eigenvalue weighted by atomic mass is 10.1. The first-order chi connectivity index (χ1) is 11.5. The quantitative estimate of drug-likeness (QED) is 0.674. The SMILES string of the molecule is Cc1cccc(C(=O)NC(=NC(C)c2ccccc2)OC(C)C)c1. The summed E-state index contributed by atoms with van der Waals surface area (Å²) < 4.78 is 5.68. The van der Waals surface area contributed by atoms with Gasteiger partial charge in [0.25, 0.3) is 11.9 Å². The molecule has 0 radical (unpaired) electrons. The second-order valence-corrected chi connectivity index (χ2v) is 6.01. The van der Waals surface area contributed by atoms with E-state index < -0.39 is 0 Å². The minimum absolute atomic E-state index is 0.0791. The van der Waals surface area contributed by atoms with Gasteiger partial charge in [-0.1, -0.05) is 48.0 Å². The molecule has 4 heteroatoms. The number of aliphatic imine (C=N–C) groups is 1. The summed E-state index contributed by atoms with van der Waals surface area (Å²) in [7, 11) is 0. The number of hydrogen-bond donors (Lipinski definition) is 1. The monoisotopic (exact) mass is 324 g/mol. The Morgan fingerprint density at radius 3 is 2.38 bits per heavy atom. The summed E-state index contributed by atoms with van der Waals surface area (Å²) in [4.78, 5) is 17.0. The topological polar surface area (TPSA) is 50.7 Å². The Hall–Kier alpha value is -2.62. The van der Waals surface area contributed by atoms with Crippen molar-refractivity contribution >= 4 is 11.9 Å². The summed E-state index contributed by atoms with van der Waals surface area (Å²) in [5.41, 5.74) is 2.68. The highest BCUT2D eigenvalue weighted by atomic mass is 16.5. The van der Waals surface area contributed by atoms with E-state index in [0.717, 1.165) is 11.1 Å². The van der Waals surface area contributed by atoms with E-state index in [4.69, 9.17) is 4.74 Å². The predicted octanol–water partition coefficient (Wildman–Crippen LogP) is 4.27. The minimum atomic E-state index is -0.224. The van der Waals surface area contributed by atoms with Crippen molar-refractivity contribution < 1.29 is 9.53 Å². The molecular formula is C20H24N2O2. The van der Waals surface area contributed by atoms with Crippen molar-refractivity contribution in [1.82, 2.24) is 5.32 Å². The van der Waals surface area contributed by atoms with Crippen LogP contribution in [0.1, 0.15) is 48.3 Å². The number of carbonyl (C=O) groups is 1. The summed E-state index contributed by atoms with van der Waals surface area (Å²) in [6, 6.07) is 17.5. The highest BCUT2D eigenvalue weighted by Crippen LogP contribution is 2.16. The van der Waals surface area contributed by atoms with Gasteiger partial charge >= 0.3 is 0 Å². The van der Waals surface area contributed by atoms with Crippen LogP contribution in [0, 0.1) is 6.92 Å². The maximum absolute atomic E-state index is 12.4. The van der Waals surface area contributed by atoms with Gasteiger partial charge in [-0.15, -0.1) is 0 Å². The number of benzene rings is 2. The van der Waals surface area contributed by atoms with Crippen LogP contribution in [0.25, 0.3) is 0 Å². The van der Waals surface area contributed by atoms with Crippen LogP contribution in [0.5, 0.6) is 0 Å². The van der Waals surface area contributed by atoms with Crippen molar-refractivity contribution in [2.45, 2.75) is 39.8 Å². The molecule has 0 spiro atoms. The summed E-state index contributed by atoms with van der Waals surface area (Å²) in [5, 5.41) is 2.78. The molecule has 1 atom stereocenters. The number of aryl methyl sites for hydroxylation is 1. The normalized spacial score (nSPS) is 12.8. The first-order valence-corrected chi connectivity index (χ1v) is 8.13. The lowest BCUT2D eigenvalue weighted by Crippen LogP contribution is -2.34. The van der Waals surface area contributed by atoms with Gasteiger partial charge in [-0.2, -0.15) is 0 Å². The molecule has 1 N–H and O–H groups in total. The second kappa shape index (κ2) is 8.29. The van der Waals surface area contributed by atoms with Crippen molar-refractivity contribution in [3.63, 3.8) is 0 Å². The molecule has 1 amide bonds. The van der Waals surface area contributed by atoms with Crippen molar-refractivity contribution in [1.29, 1.82) is 0 Å². The van der Waals surface area contributed by atoms with E-state index in [1.165, 1.54) is 0 Å². The fourth-order valence-electron chi connectivity index (χ4n) is 2.25. The first-order valence-electron chi connectivity index (χ1n) is 8.13. The lowest BCUT2D eigenvalue weighted by Gasteiger charge is -2.16. The van der Waals surface area contributed by atoms with Crippen molar-refractivity contribution in [3.8, 4) is 0 Å². The average molecular weight is 324 g/mol. The van der Waals surface area contributed by atoms with Crippen LogP contribution >= 0.6 is 0 Å². The van der Waals surface area contributed by atoms with E-state index in [0.29, 0.717) is 5.56 Å². The standard InChI is InChI=1S/C20H24N2O2/c1-14(2)24-20(21-16(4)17-10-6-5-7-11-17)22-19(23)18-12-8-9-15(3)13-18/h5-14,16H,1-4H3,(H,21,22,23). The van der Waals surface area contributed by atoms with E-state index >= 15 is 0 Å². The Bertz CT molecular complexity index is 709. The number of nitrogens with one attached hydrogen (secondary N) is 1. The van der Waals surface area contributed by atoms with Gasteiger partial charge in [0.1, 0.15) is 0 Å². The smallest absolute Gasteiger partial charge is 0.292 e. The van der Waals surface area contributed by atoms with E-state index in [9.17, 15) is 4.79 Å². The lowest BCUT2D eigenvalue weighted by molar-refractivity contribution is 0.0959. The molecule has 4 nitrogen and oxygen atoms in total. The largest absolute Gasteiger partial charge is 0.462 e. The van der Waals surface area contributed by atoms with Gasteiger partial charge in [0.05, 0.1) is 12.1 Å². The molecule has 0 aliphatic heterocycles. The third-order valence-corrected chi connectivity index (χ3v) is 3.44. The molecule has 24 heavy (non-hydrogen) atoms. The molecule has 0 aliphatic rings. The molecule has 1 unspecified atom stereocenters. The molecule has 0 saturated carbocycles. The number of rotatable bonds is 4. The number of carbonyl (C=O) groups excluding carboxylic acids is 1. The van der Waals surface area contributed by atoms with Gasteiger partial charge in [0.2, 0.25) is 0 Å². The minimum Gasteiger partial charge on any atom is -0.462 e. The zero-order valence-electron chi connectivity index (χ0n) is 14.6. The maximum atomic E-state index is 12.4. The van der Waals surface area contributed by atoms with Gasteiger partial charge in [0.15, 0.2) is 0 Å². The van der Waals surface area contributed by atoms with Crippen LogP contribution in [0.2, 0.25) is 0 Å². The van der Waals surface area contributed by atoms with Gasteiger partial charge < -0.3 is 4.74 Å². The van der Waals surface area contributed by atoms with E-state index in [-0.39, 0.29) is 24.1 Å². The fraction of sp³-hybridized carbons (Fsp3) is 0.300. The summed E-state index contributed by atoms with van der Waals surface area (Å²) in [5.74, 6) is -0.224. The Kier molecular flexibility index (Phi) is 6.13. The molecular weight excluding hydrogens is 300 g/mol. The molecule has 2 aromatic carbocycles. The van der Waals surface area contributed by atoms with Crippen LogP contribution in [0.4, 0.5) is 0 Å². The molecule has 0 bridgehead atoms. The van der Waals surface area contributed by atoms with Gasteiger partial charge in [-0.25, -0.2) is 4.99 Å². The molecule has 0 fully saturated rings. The fourth-order valence-corrected chi connectivity index (χ4v) is 2.25. The van der Waals surface area contributed by atoms with E-state index in [1.807, 2.05) is 76.2 Å². The summed E-state index contributed by atoms with van der Waals surface area (Å²) in [6.45, 7) is 7.73. The van der Waals surface area contributed by atoms with Gasteiger partial charge in [-0.3, -0.25) is 10.1 Å². The molecule has 0 saturated heterocycles. The highest BCUT2D eigenvalue weighted by Gasteiger charge is 2.13. The maximum Gasteiger partial charge on any atom is 0.292 e. The second-order valence-electron chi connectivity index (χ2n) is 6.01. The number of nitrogens with zero attached hydrogens (tertiary/aromatic N) is 1. The summed E-state index contributed by atoms with van der Waals surface area (Å²) >= 11 is 0. The zero-order chi connectivity index (χ0) is 17.5. The third-order valence-electron chi connectivity index (χ3n) is 3.44. The Balaban J connectivity index is 2.18. The number of amidine groups is 1. The molecule has 0 heterocycles. The Labute approximate surface area is 143 Å². The predicted molar refractivity (Wildman–Crippen MR) is 97.2 cm³/mol. The van der Waals surface area contributed by atoms with Crippen molar-refractivity contribution in [2.75, 3.05) is 0 Å². The zero-order valence-corrected chi connectivity index (χ0v) is 14.6. The number of amides is 1. The Morgan fingerprint density at radius 1 is 1.04 bits per heavy atom. The first kappa shape index (κ1) is 17.7. The summed E-state index contributed by atoms with van der Waals surface area (Å²) in [6.07, 6.45) is -0.0791.